The highest BCUT2D eigenvalue weighted by atomic mass is 16.3. The lowest BCUT2D eigenvalue weighted by molar-refractivity contribution is 0.594. The number of rotatable bonds is 5. The Labute approximate surface area is 268 Å². The van der Waals surface area contributed by atoms with Crippen molar-refractivity contribution < 1.29 is 4.42 Å². The first-order valence-corrected chi connectivity index (χ1v) is 15.8. The van der Waals surface area contributed by atoms with E-state index in [1.165, 1.54) is 38.5 Å². The summed E-state index contributed by atoms with van der Waals surface area (Å²) >= 11 is 0. The summed E-state index contributed by atoms with van der Waals surface area (Å²) < 4.78 is 9.60. The maximum atomic E-state index is 7.20. The van der Waals surface area contributed by atoms with Crippen molar-refractivity contribution in [2.75, 3.05) is 0 Å². The normalized spacial score (nSPS) is 12.3. The molecule has 0 saturated carbocycles. The van der Waals surface area contributed by atoms with Crippen LogP contribution in [0.25, 0.3) is 78.5 Å². The molecular weight excluding hydrogens is 558 g/mol. The van der Waals surface area contributed by atoms with E-state index in [0.29, 0.717) is 0 Å². The number of hydrogen-bond donors (Lipinski definition) is 0. The molecule has 0 saturated heterocycles. The number of para-hydroxylation sites is 2. The van der Waals surface area contributed by atoms with Crippen LogP contribution in [-0.4, -0.2) is 4.57 Å². The lowest BCUT2D eigenvalue weighted by Crippen LogP contribution is -1.98. The van der Waals surface area contributed by atoms with Crippen molar-refractivity contribution in [3.8, 4) is 50.6 Å². The van der Waals surface area contributed by atoms with Gasteiger partial charge in [-0.25, -0.2) is 0 Å². The van der Waals surface area contributed by atoms with Crippen LogP contribution in [-0.2, 0) is 6.42 Å². The van der Waals surface area contributed by atoms with Gasteiger partial charge >= 0.3 is 0 Å². The van der Waals surface area contributed by atoms with Crippen molar-refractivity contribution >= 4 is 27.9 Å². The standard InChI is InChI=1S/C44H29NO/c1-4-15-30(16-5-1)32-19-14-20-33(29-32)43-38-24-10-11-25-39(38)44(46-43)41-35(31-17-6-2-7-18-31)27-28-37-36-23-12-13-26-40(36)45(42(37)41)34-21-8-3-9-22-34/h1-6,8-10,12-17,19-24,26-29H,11,25H2. The third-order valence-corrected chi connectivity index (χ3v) is 9.14. The molecule has 0 fully saturated rings. The van der Waals surface area contributed by atoms with Crippen LogP contribution in [0.1, 0.15) is 17.5 Å². The van der Waals surface area contributed by atoms with Gasteiger partial charge in [0.05, 0.1) is 16.6 Å². The summed E-state index contributed by atoms with van der Waals surface area (Å²) in [4.78, 5) is 0. The fraction of sp³-hybridized carbons (Fsp3) is 0.0455. The Morgan fingerprint density at radius 1 is 0.630 bits per heavy atom. The van der Waals surface area contributed by atoms with Crippen molar-refractivity contribution in [1.29, 1.82) is 0 Å². The van der Waals surface area contributed by atoms with Gasteiger partial charge in [0, 0.05) is 44.3 Å². The molecule has 0 N–H and O–H groups in total. The van der Waals surface area contributed by atoms with E-state index >= 15 is 0 Å². The van der Waals surface area contributed by atoms with Gasteiger partial charge in [0.2, 0.25) is 0 Å². The maximum absolute atomic E-state index is 7.20. The first-order valence-electron chi connectivity index (χ1n) is 15.8. The third-order valence-electron chi connectivity index (χ3n) is 9.14. The van der Waals surface area contributed by atoms with E-state index in [1.54, 1.807) is 0 Å². The van der Waals surface area contributed by atoms with E-state index in [0.717, 1.165) is 57.8 Å². The lowest BCUT2D eigenvalue weighted by Gasteiger charge is -2.15. The molecule has 46 heavy (non-hydrogen) atoms. The van der Waals surface area contributed by atoms with E-state index < -0.39 is 0 Å². The van der Waals surface area contributed by atoms with Crippen LogP contribution in [0.2, 0.25) is 0 Å². The van der Waals surface area contributed by atoms with E-state index in [9.17, 15) is 0 Å². The summed E-state index contributed by atoms with van der Waals surface area (Å²) in [5, 5.41) is 2.41. The number of aromatic nitrogens is 1. The van der Waals surface area contributed by atoms with E-state index in [-0.39, 0.29) is 0 Å². The van der Waals surface area contributed by atoms with Gasteiger partial charge in [-0.3, -0.25) is 0 Å². The van der Waals surface area contributed by atoms with Gasteiger partial charge in [0.15, 0.2) is 0 Å². The lowest BCUT2D eigenvalue weighted by atomic mass is 9.90. The zero-order valence-electron chi connectivity index (χ0n) is 25.2. The Bertz CT molecular complexity index is 2390. The Morgan fingerprint density at radius 3 is 2.26 bits per heavy atom. The Hall–Kier alpha value is -6.04. The molecule has 0 atom stereocenters. The largest absolute Gasteiger partial charge is 0.455 e. The molecule has 2 heterocycles. The van der Waals surface area contributed by atoms with Gasteiger partial charge < -0.3 is 8.98 Å². The fourth-order valence-electron chi connectivity index (χ4n) is 7.09. The molecule has 216 valence electrons. The van der Waals surface area contributed by atoms with Crippen LogP contribution in [0, 0.1) is 12.1 Å². The minimum absolute atomic E-state index is 0.910. The Kier molecular flexibility index (Phi) is 6.21. The second kappa shape index (κ2) is 10.8. The van der Waals surface area contributed by atoms with Gasteiger partial charge in [-0.15, -0.1) is 0 Å². The number of hydrogen-bond acceptors (Lipinski definition) is 1. The van der Waals surface area contributed by atoms with Gasteiger partial charge in [-0.05, 0) is 60.4 Å². The molecule has 0 bridgehead atoms. The van der Waals surface area contributed by atoms with Crippen molar-refractivity contribution in [3.63, 3.8) is 0 Å². The summed E-state index contributed by atoms with van der Waals surface area (Å²) in [6, 6.07) is 55.8. The van der Waals surface area contributed by atoms with Crippen LogP contribution in [0.15, 0.2) is 150 Å². The molecule has 0 spiro atoms. The quantitative estimate of drug-likeness (QED) is 0.196. The number of allylic oxidation sites excluding steroid dienone is 1. The SMILES string of the molecule is c1cccc(-c2ccc3c4ccccc4n(-c4ccccc4)c3c2-c2oc(-c3cccc(-c4ccccc4)c3)c3c2CCC=C3)c#1. The monoisotopic (exact) mass is 587 g/mol. The van der Waals surface area contributed by atoms with Crippen molar-refractivity contribution in [2.24, 2.45) is 0 Å². The molecule has 0 radical (unpaired) electrons. The summed E-state index contributed by atoms with van der Waals surface area (Å²) in [6.07, 6.45) is 6.41. The smallest absolute Gasteiger partial charge is 0.142 e. The second-order valence-electron chi connectivity index (χ2n) is 11.8. The zero-order chi connectivity index (χ0) is 30.5. The minimum Gasteiger partial charge on any atom is -0.455 e. The second-order valence-corrected chi connectivity index (χ2v) is 11.8. The first-order chi connectivity index (χ1) is 22.8. The van der Waals surface area contributed by atoms with Crippen molar-refractivity contribution in [1.82, 2.24) is 4.57 Å². The average Bonchev–Trinajstić information content (AvgIpc) is 3.69. The number of benzene rings is 5. The molecule has 2 heteroatoms. The molecule has 9 rings (SSSR count). The third kappa shape index (κ3) is 4.21. The number of nitrogens with zero attached hydrogens (tertiary/aromatic N) is 1. The topological polar surface area (TPSA) is 18.1 Å². The Morgan fingerprint density at radius 2 is 1.41 bits per heavy atom. The zero-order valence-corrected chi connectivity index (χ0v) is 25.2. The Balaban J connectivity index is 1.39. The summed E-state index contributed by atoms with van der Waals surface area (Å²) in [6.45, 7) is 0. The van der Waals surface area contributed by atoms with E-state index in [4.69, 9.17) is 4.42 Å². The molecular formula is C44H29NO. The van der Waals surface area contributed by atoms with E-state index in [2.05, 4.69) is 156 Å². The average molecular weight is 588 g/mol. The van der Waals surface area contributed by atoms with Crippen LogP contribution in [0.3, 0.4) is 0 Å². The molecule has 0 unspecified atom stereocenters. The molecule has 2 aromatic heterocycles. The van der Waals surface area contributed by atoms with Gasteiger partial charge in [-0.2, -0.15) is 0 Å². The molecule has 6 aromatic carbocycles. The summed E-state index contributed by atoms with van der Waals surface area (Å²) in [7, 11) is 0. The van der Waals surface area contributed by atoms with Gasteiger partial charge in [0.25, 0.3) is 0 Å². The van der Waals surface area contributed by atoms with Crippen LogP contribution < -0.4 is 0 Å². The molecule has 8 aromatic rings. The van der Waals surface area contributed by atoms with E-state index in [1.807, 2.05) is 12.1 Å². The first kappa shape index (κ1) is 26.4. The van der Waals surface area contributed by atoms with Crippen LogP contribution in [0.4, 0.5) is 0 Å². The highest BCUT2D eigenvalue weighted by Crippen LogP contribution is 2.48. The predicted octanol–water partition coefficient (Wildman–Crippen LogP) is 11.6. The van der Waals surface area contributed by atoms with Crippen LogP contribution in [0.5, 0.6) is 0 Å². The van der Waals surface area contributed by atoms with Gasteiger partial charge in [0.1, 0.15) is 11.5 Å². The fourth-order valence-corrected chi connectivity index (χ4v) is 7.09. The maximum Gasteiger partial charge on any atom is 0.142 e. The predicted molar refractivity (Wildman–Crippen MR) is 190 cm³/mol. The molecule has 1 aliphatic carbocycles. The van der Waals surface area contributed by atoms with Crippen LogP contribution >= 0.6 is 0 Å². The highest BCUT2D eigenvalue weighted by Gasteiger charge is 2.28. The summed E-state index contributed by atoms with van der Waals surface area (Å²) in [5.41, 5.74) is 12.4. The number of fused-ring (bicyclic) bond motifs is 4. The molecule has 1 aliphatic rings. The van der Waals surface area contributed by atoms with Crippen molar-refractivity contribution in [3.05, 3.63) is 169 Å². The molecule has 2 nitrogen and oxygen atoms in total. The summed E-state index contributed by atoms with van der Waals surface area (Å²) in [5.74, 6) is 1.84. The highest BCUT2D eigenvalue weighted by molar-refractivity contribution is 6.16. The minimum atomic E-state index is 0.910. The van der Waals surface area contributed by atoms with Crippen molar-refractivity contribution in [2.45, 2.75) is 12.8 Å². The van der Waals surface area contributed by atoms with Gasteiger partial charge in [-0.1, -0.05) is 127 Å². The molecule has 0 aliphatic heterocycles. The number of furan rings is 1. The molecule has 0 amide bonds.